The molecule has 0 radical (unpaired) electrons. The van der Waals surface area contributed by atoms with Crippen molar-refractivity contribution in [3.8, 4) is 0 Å². The Hall–Kier alpha value is -2.98. The zero-order chi connectivity index (χ0) is 22.3. The van der Waals surface area contributed by atoms with Crippen LogP contribution in [0.1, 0.15) is 23.7 Å². The molecule has 162 valence electrons. The summed E-state index contributed by atoms with van der Waals surface area (Å²) in [6.45, 7) is 3.48. The van der Waals surface area contributed by atoms with Crippen molar-refractivity contribution >= 4 is 38.6 Å². The molecule has 0 aromatic heterocycles. The van der Waals surface area contributed by atoms with Gasteiger partial charge in [-0.3, -0.25) is 4.79 Å². The van der Waals surface area contributed by atoms with Gasteiger partial charge in [0.15, 0.2) is 0 Å². The summed E-state index contributed by atoms with van der Waals surface area (Å²) in [6, 6.07) is 13.5. The summed E-state index contributed by atoms with van der Waals surface area (Å²) in [4.78, 5) is 32.8. The molecule has 0 saturated carbocycles. The van der Waals surface area contributed by atoms with Crippen molar-refractivity contribution in [2.24, 2.45) is 0 Å². The van der Waals surface area contributed by atoms with Crippen LogP contribution >= 0.6 is 0 Å². The fourth-order valence-corrected chi connectivity index (χ4v) is 4.63. The zero-order valence-corrected chi connectivity index (χ0v) is 17.3. The van der Waals surface area contributed by atoms with Crippen molar-refractivity contribution < 1.29 is 33.0 Å². The predicted molar refractivity (Wildman–Crippen MR) is 111 cm³/mol. The van der Waals surface area contributed by atoms with Gasteiger partial charge in [-0.25, -0.2) is 18.0 Å². The van der Waals surface area contributed by atoms with E-state index < -0.39 is 22.0 Å². The van der Waals surface area contributed by atoms with Crippen LogP contribution in [0, 0.1) is 0 Å². The maximum atomic E-state index is 12.9. The summed E-state index contributed by atoms with van der Waals surface area (Å²) < 4.78 is 25.8. The molecule has 1 saturated heterocycles. The maximum Gasteiger partial charge on any atom is 0.414 e. The number of rotatable bonds is 4. The van der Waals surface area contributed by atoms with Crippen LogP contribution in [0.15, 0.2) is 42.5 Å². The molecule has 3 rings (SSSR count). The lowest BCUT2D eigenvalue weighted by atomic mass is 10.0. The molecule has 1 fully saturated rings. The van der Waals surface area contributed by atoms with Crippen molar-refractivity contribution in [2.45, 2.75) is 13.3 Å². The van der Waals surface area contributed by atoms with Crippen LogP contribution in [0.5, 0.6) is 0 Å². The van der Waals surface area contributed by atoms with Gasteiger partial charge in [0.25, 0.3) is 5.91 Å². The van der Waals surface area contributed by atoms with Gasteiger partial charge in [0.05, 0.1) is 5.75 Å². The smallest absolute Gasteiger partial charge is 0.414 e. The van der Waals surface area contributed by atoms with Crippen LogP contribution < -0.4 is 0 Å². The number of benzene rings is 2. The molecule has 2 N–H and O–H groups in total. The van der Waals surface area contributed by atoms with Gasteiger partial charge in [0.1, 0.15) is 0 Å². The minimum atomic E-state index is -3.19. The van der Waals surface area contributed by atoms with Gasteiger partial charge in [-0.15, -0.1) is 0 Å². The number of sulfonamides is 1. The highest BCUT2D eigenvalue weighted by Gasteiger charge is 2.29. The summed E-state index contributed by atoms with van der Waals surface area (Å²) in [5.41, 5.74) is 0.679. The van der Waals surface area contributed by atoms with E-state index in [0.717, 1.165) is 10.8 Å². The molecule has 0 unspecified atom stereocenters. The Morgan fingerprint density at radius 1 is 0.900 bits per heavy atom. The molecule has 10 heteroatoms. The van der Waals surface area contributed by atoms with E-state index in [2.05, 4.69) is 0 Å². The third-order valence-corrected chi connectivity index (χ3v) is 6.66. The molecule has 30 heavy (non-hydrogen) atoms. The Bertz CT molecular complexity index is 1010. The van der Waals surface area contributed by atoms with Crippen molar-refractivity contribution in [2.75, 3.05) is 31.9 Å². The summed E-state index contributed by atoms with van der Waals surface area (Å²) in [6.07, 6.45) is 0.609. The number of hydrogen-bond acceptors (Lipinski definition) is 5. The highest BCUT2D eigenvalue weighted by molar-refractivity contribution is 7.89. The normalized spacial score (nSPS) is 14.6. The number of carboxylic acids is 2. The number of hydrogen-bond donors (Lipinski definition) is 2. The van der Waals surface area contributed by atoms with Gasteiger partial charge >= 0.3 is 11.9 Å². The van der Waals surface area contributed by atoms with Gasteiger partial charge in [-0.1, -0.05) is 43.3 Å². The van der Waals surface area contributed by atoms with E-state index in [1.807, 2.05) is 49.4 Å². The molecule has 0 spiro atoms. The van der Waals surface area contributed by atoms with Gasteiger partial charge < -0.3 is 15.1 Å². The molecule has 2 aromatic carbocycles. The van der Waals surface area contributed by atoms with E-state index in [1.54, 1.807) is 4.90 Å². The van der Waals surface area contributed by atoms with Crippen LogP contribution in [-0.4, -0.2) is 77.6 Å². The molecule has 0 atom stereocenters. The molecular weight excluding hydrogens is 412 g/mol. The van der Waals surface area contributed by atoms with Crippen LogP contribution in [-0.2, 0) is 19.6 Å². The standard InChI is InChI=1S/C18H22N2O3S.C2H2O4/c1-2-14-24(22,23)20-12-10-19(11-13-20)18(21)17-9-5-7-15-6-3-4-8-16(15)17;3-1(4)2(5)6/h3-9H,2,10-14H2,1H3;(H,3,4)(H,5,6). The van der Waals surface area contributed by atoms with E-state index in [4.69, 9.17) is 19.8 Å². The number of carbonyl (C=O) groups is 3. The van der Waals surface area contributed by atoms with Crippen LogP contribution in [0.2, 0.25) is 0 Å². The molecule has 9 nitrogen and oxygen atoms in total. The number of carboxylic acid groups (broad SMARTS) is 2. The van der Waals surface area contributed by atoms with Gasteiger partial charge in [-0.2, -0.15) is 4.31 Å². The van der Waals surface area contributed by atoms with Gasteiger partial charge in [0.2, 0.25) is 10.0 Å². The fourth-order valence-electron chi connectivity index (χ4n) is 3.14. The first-order valence-corrected chi connectivity index (χ1v) is 11.0. The third-order valence-electron chi connectivity index (χ3n) is 4.58. The molecule has 1 aliphatic heterocycles. The van der Waals surface area contributed by atoms with Crippen LogP contribution in [0.25, 0.3) is 10.8 Å². The highest BCUT2D eigenvalue weighted by atomic mass is 32.2. The largest absolute Gasteiger partial charge is 0.473 e. The monoisotopic (exact) mass is 436 g/mol. The molecule has 0 bridgehead atoms. The van der Waals surface area contributed by atoms with Crippen molar-refractivity contribution in [3.05, 3.63) is 48.0 Å². The summed E-state index contributed by atoms with van der Waals surface area (Å²) in [5, 5.41) is 16.8. The number of carbonyl (C=O) groups excluding carboxylic acids is 1. The SMILES string of the molecule is CCCS(=O)(=O)N1CCN(C(=O)c2cccc3ccccc23)CC1.O=C(O)C(=O)O. The topological polar surface area (TPSA) is 132 Å². The van der Waals surface area contributed by atoms with Crippen LogP contribution in [0.3, 0.4) is 0 Å². The second kappa shape index (κ2) is 10.2. The number of aliphatic carboxylic acids is 2. The first-order chi connectivity index (χ1) is 14.2. The quantitative estimate of drug-likeness (QED) is 0.694. The van der Waals surface area contributed by atoms with Crippen LogP contribution in [0.4, 0.5) is 0 Å². The van der Waals surface area contributed by atoms with Crippen molar-refractivity contribution in [1.29, 1.82) is 0 Å². The Morgan fingerprint density at radius 3 is 2.03 bits per heavy atom. The van der Waals surface area contributed by atoms with Gasteiger partial charge in [-0.05, 0) is 23.3 Å². The Kier molecular flexibility index (Phi) is 7.90. The minimum Gasteiger partial charge on any atom is -0.473 e. The number of piperazine rings is 1. The molecular formula is C20H24N2O7S. The Morgan fingerprint density at radius 2 is 1.47 bits per heavy atom. The first kappa shape index (κ1) is 23.3. The van der Waals surface area contributed by atoms with Crippen molar-refractivity contribution in [1.82, 2.24) is 9.21 Å². The lowest BCUT2D eigenvalue weighted by molar-refractivity contribution is -0.159. The van der Waals surface area contributed by atoms with E-state index in [1.165, 1.54) is 4.31 Å². The predicted octanol–water partition coefficient (Wildman–Crippen LogP) is 1.49. The highest BCUT2D eigenvalue weighted by Crippen LogP contribution is 2.21. The average Bonchev–Trinajstić information content (AvgIpc) is 2.73. The average molecular weight is 436 g/mol. The maximum absolute atomic E-state index is 12.9. The lowest BCUT2D eigenvalue weighted by Crippen LogP contribution is -2.51. The Balaban J connectivity index is 0.000000469. The first-order valence-electron chi connectivity index (χ1n) is 9.38. The molecule has 2 aromatic rings. The summed E-state index contributed by atoms with van der Waals surface area (Å²) >= 11 is 0. The molecule has 1 amide bonds. The fraction of sp³-hybridized carbons (Fsp3) is 0.350. The number of amides is 1. The third kappa shape index (κ3) is 5.77. The second-order valence-corrected chi connectivity index (χ2v) is 8.73. The van der Waals surface area contributed by atoms with E-state index in [-0.39, 0.29) is 11.7 Å². The second-order valence-electron chi connectivity index (χ2n) is 6.64. The Labute approximate surface area is 174 Å². The number of nitrogens with zero attached hydrogens (tertiary/aromatic N) is 2. The zero-order valence-electron chi connectivity index (χ0n) is 16.5. The van der Waals surface area contributed by atoms with E-state index in [9.17, 15) is 13.2 Å². The van der Waals surface area contributed by atoms with Crippen molar-refractivity contribution in [3.63, 3.8) is 0 Å². The summed E-state index contributed by atoms with van der Waals surface area (Å²) in [5.74, 6) is -3.51. The van der Waals surface area contributed by atoms with E-state index >= 15 is 0 Å². The molecule has 0 aliphatic carbocycles. The minimum absolute atomic E-state index is 0.0284. The molecule has 1 aliphatic rings. The summed E-state index contributed by atoms with van der Waals surface area (Å²) in [7, 11) is -3.19. The number of fused-ring (bicyclic) bond motifs is 1. The lowest BCUT2D eigenvalue weighted by Gasteiger charge is -2.34. The van der Waals surface area contributed by atoms with E-state index in [0.29, 0.717) is 38.2 Å². The molecule has 1 heterocycles. The van der Waals surface area contributed by atoms with Gasteiger partial charge in [0, 0.05) is 31.7 Å².